The van der Waals surface area contributed by atoms with E-state index in [-0.39, 0.29) is 5.75 Å². The van der Waals surface area contributed by atoms with Gasteiger partial charge in [0.2, 0.25) is 5.82 Å². The fraction of sp³-hybridized carbons (Fsp3) is 0.400. The van der Waals surface area contributed by atoms with Crippen LogP contribution in [0.5, 0.6) is 5.75 Å². The molecular weight excluding hydrogens is 190 g/mol. The van der Waals surface area contributed by atoms with Crippen LogP contribution in [0.3, 0.4) is 0 Å². The zero-order valence-corrected chi connectivity index (χ0v) is 8.05. The standard InChI is InChI=1S/C10H12F2O2/c1-3-8(13)6-4-7(11)10(12)9(5-6)14-2/h4-5,8,13H,3H2,1-2H3/t8-/m1/s1. The fourth-order valence-electron chi connectivity index (χ4n) is 1.16. The summed E-state index contributed by atoms with van der Waals surface area (Å²) < 4.78 is 30.6. The molecule has 0 amide bonds. The third-order valence-electron chi connectivity index (χ3n) is 2.01. The van der Waals surface area contributed by atoms with E-state index in [0.717, 1.165) is 6.07 Å². The molecule has 0 heterocycles. The predicted octanol–water partition coefficient (Wildman–Crippen LogP) is 2.42. The van der Waals surface area contributed by atoms with E-state index in [4.69, 9.17) is 0 Å². The minimum atomic E-state index is -1.03. The maximum absolute atomic E-state index is 13.0. The number of rotatable bonds is 3. The minimum Gasteiger partial charge on any atom is -0.494 e. The quantitative estimate of drug-likeness (QED) is 0.815. The van der Waals surface area contributed by atoms with E-state index in [1.54, 1.807) is 6.92 Å². The van der Waals surface area contributed by atoms with Crippen molar-refractivity contribution >= 4 is 0 Å². The topological polar surface area (TPSA) is 29.5 Å². The Balaban J connectivity index is 3.16. The summed E-state index contributed by atoms with van der Waals surface area (Å²) in [7, 11) is 1.25. The van der Waals surface area contributed by atoms with Crippen molar-refractivity contribution in [1.29, 1.82) is 0 Å². The van der Waals surface area contributed by atoms with Crippen molar-refractivity contribution in [1.82, 2.24) is 0 Å². The Labute approximate surface area is 81.1 Å². The van der Waals surface area contributed by atoms with E-state index in [1.165, 1.54) is 13.2 Å². The monoisotopic (exact) mass is 202 g/mol. The fourth-order valence-corrected chi connectivity index (χ4v) is 1.16. The molecule has 1 aromatic carbocycles. The molecule has 78 valence electrons. The van der Waals surface area contributed by atoms with E-state index in [2.05, 4.69) is 4.74 Å². The van der Waals surface area contributed by atoms with Crippen LogP contribution in [0.1, 0.15) is 25.0 Å². The van der Waals surface area contributed by atoms with Crippen molar-refractivity contribution in [2.24, 2.45) is 0 Å². The SMILES string of the molecule is CC[C@@H](O)c1cc(F)c(F)c(OC)c1. The Morgan fingerprint density at radius 1 is 1.43 bits per heavy atom. The molecule has 0 saturated carbocycles. The Bertz CT molecular complexity index is 326. The lowest BCUT2D eigenvalue weighted by Gasteiger charge is -2.10. The van der Waals surface area contributed by atoms with Gasteiger partial charge in [0.25, 0.3) is 0 Å². The lowest BCUT2D eigenvalue weighted by molar-refractivity contribution is 0.172. The van der Waals surface area contributed by atoms with Crippen LogP contribution < -0.4 is 4.74 Å². The normalized spacial score (nSPS) is 12.6. The maximum Gasteiger partial charge on any atom is 0.200 e. The summed E-state index contributed by atoms with van der Waals surface area (Å²) in [6.45, 7) is 1.75. The van der Waals surface area contributed by atoms with Crippen molar-refractivity contribution in [3.63, 3.8) is 0 Å². The highest BCUT2D eigenvalue weighted by molar-refractivity contribution is 5.32. The minimum absolute atomic E-state index is 0.187. The molecule has 0 saturated heterocycles. The number of hydrogen-bond donors (Lipinski definition) is 1. The van der Waals surface area contributed by atoms with E-state index in [1.807, 2.05) is 0 Å². The summed E-state index contributed by atoms with van der Waals surface area (Å²) in [5.41, 5.74) is 0.322. The van der Waals surface area contributed by atoms with E-state index in [9.17, 15) is 13.9 Å². The second-order valence-electron chi connectivity index (χ2n) is 2.94. The van der Waals surface area contributed by atoms with Gasteiger partial charge in [0.1, 0.15) is 0 Å². The summed E-state index contributed by atoms with van der Waals surface area (Å²) in [4.78, 5) is 0. The van der Waals surface area contributed by atoms with Gasteiger partial charge in [0.15, 0.2) is 11.6 Å². The molecule has 1 N–H and O–H groups in total. The van der Waals surface area contributed by atoms with E-state index in [0.29, 0.717) is 12.0 Å². The highest BCUT2D eigenvalue weighted by atomic mass is 19.2. The van der Waals surface area contributed by atoms with Crippen molar-refractivity contribution in [3.8, 4) is 5.75 Å². The van der Waals surface area contributed by atoms with Gasteiger partial charge in [0, 0.05) is 0 Å². The second kappa shape index (κ2) is 4.37. The molecule has 0 spiro atoms. The molecule has 0 fully saturated rings. The number of hydrogen-bond acceptors (Lipinski definition) is 2. The van der Waals surface area contributed by atoms with Gasteiger partial charge in [-0.15, -0.1) is 0 Å². The zero-order valence-electron chi connectivity index (χ0n) is 8.05. The van der Waals surface area contributed by atoms with Crippen LogP contribution in [0.15, 0.2) is 12.1 Å². The lowest BCUT2D eigenvalue weighted by atomic mass is 10.1. The van der Waals surface area contributed by atoms with E-state index >= 15 is 0 Å². The van der Waals surface area contributed by atoms with Crippen molar-refractivity contribution in [2.45, 2.75) is 19.4 Å². The van der Waals surface area contributed by atoms with Gasteiger partial charge in [-0.2, -0.15) is 4.39 Å². The first-order valence-corrected chi connectivity index (χ1v) is 4.31. The zero-order chi connectivity index (χ0) is 10.7. The average Bonchev–Trinajstić information content (AvgIpc) is 2.20. The molecule has 0 unspecified atom stereocenters. The summed E-state index contributed by atoms with van der Waals surface area (Å²) >= 11 is 0. The third kappa shape index (κ3) is 2.01. The molecular formula is C10H12F2O2. The van der Waals surface area contributed by atoms with Crippen LogP contribution in [0.2, 0.25) is 0 Å². The summed E-state index contributed by atoms with van der Waals surface area (Å²) in [6.07, 6.45) is -0.354. The van der Waals surface area contributed by atoms with Gasteiger partial charge in [-0.05, 0) is 24.1 Å². The molecule has 2 nitrogen and oxygen atoms in total. The van der Waals surface area contributed by atoms with Crippen molar-refractivity contribution in [2.75, 3.05) is 7.11 Å². The van der Waals surface area contributed by atoms with Crippen LogP contribution >= 0.6 is 0 Å². The van der Waals surface area contributed by atoms with Crippen LogP contribution in [0.25, 0.3) is 0 Å². The van der Waals surface area contributed by atoms with Gasteiger partial charge >= 0.3 is 0 Å². The van der Waals surface area contributed by atoms with Crippen LogP contribution in [-0.2, 0) is 0 Å². The van der Waals surface area contributed by atoms with Gasteiger partial charge in [-0.3, -0.25) is 0 Å². The molecule has 0 aromatic heterocycles. The number of halogens is 2. The molecule has 1 atom stereocenters. The van der Waals surface area contributed by atoms with Gasteiger partial charge in [-0.25, -0.2) is 4.39 Å². The van der Waals surface area contributed by atoms with Gasteiger partial charge < -0.3 is 9.84 Å². The molecule has 4 heteroatoms. The number of methoxy groups -OCH3 is 1. The molecule has 0 radical (unpaired) electrons. The number of benzene rings is 1. The van der Waals surface area contributed by atoms with Crippen LogP contribution in [0, 0.1) is 11.6 Å². The van der Waals surface area contributed by atoms with Crippen molar-refractivity contribution < 1.29 is 18.6 Å². The Morgan fingerprint density at radius 2 is 2.07 bits per heavy atom. The number of aliphatic hydroxyl groups is 1. The third-order valence-corrected chi connectivity index (χ3v) is 2.01. The highest BCUT2D eigenvalue weighted by Gasteiger charge is 2.14. The molecule has 1 aromatic rings. The highest BCUT2D eigenvalue weighted by Crippen LogP contribution is 2.26. The number of ether oxygens (including phenoxy) is 1. The van der Waals surface area contributed by atoms with Crippen LogP contribution in [0.4, 0.5) is 8.78 Å². The largest absolute Gasteiger partial charge is 0.494 e. The van der Waals surface area contributed by atoms with Crippen LogP contribution in [-0.4, -0.2) is 12.2 Å². The molecule has 14 heavy (non-hydrogen) atoms. The first-order chi connectivity index (χ1) is 6.60. The van der Waals surface area contributed by atoms with E-state index < -0.39 is 17.7 Å². The molecule has 0 aliphatic heterocycles. The smallest absolute Gasteiger partial charge is 0.200 e. The Morgan fingerprint density at radius 3 is 2.57 bits per heavy atom. The molecule has 1 rings (SSSR count). The summed E-state index contributed by atoms with van der Waals surface area (Å²) in [6, 6.07) is 2.28. The first kappa shape index (κ1) is 10.9. The second-order valence-corrected chi connectivity index (χ2v) is 2.94. The van der Waals surface area contributed by atoms with Gasteiger partial charge in [-0.1, -0.05) is 6.92 Å². The lowest BCUT2D eigenvalue weighted by Crippen LogP contribution is -2.00. The van der Waals surface area contributed by atoms with Gasteiger partial charge in [0.05, 0.1) is 13.2 Å². The first-order valence-electron chi connectivity index (χ1n) is 4.31. The number of aliphatic hydroxyl groups excluding tert-OH is 1. The summed E-state index contributed by atoms with van der Waals surface area (Å²) in [5, 5.41) is 9.42. The molecule has 0 bridgehead atoms. The molecule has 0 aliphatic rings. The summed E-state index contributed by atoms with van der Waals surface area (Å²) in [5.74, 6) is -2.22. The average molecular weight is 202 g/mol. The predicted molar refractivity (Wildman–Crippen MR) is 48.2 cm³/mol. The van der Waals surface area contributed by atoms with Crippen molar-refractivity contribution in [3.05, 3.63) is 29.3 Å². The maximum atomic E-state index is 13.0. The molecule has 0 aliphatic carbocycles. The Hall–Kier alpha value is -1.16. The Kier molecular flexibility index (Phi) is 3.41.